The van der Waals surface area contributed by atoms with Crippen molar-refractivity contribution in [1.82, 2.24) is 9.97 Å². The number of Topliss-reactive ketones (excluding diaryl/α,β-unsaturated/α-hetero) is 1. The highest BCUT2D eigenvalue weighted by molar-refractivity contribution is 6.07. The maximum atomic E-state index is 11.8. The average Bonchev–Trinajstić information content (AvgIpc) is 2.36. The molecule has 4 heteroatoms. The highest BCUT2D eigenvalue weighted by atomic mass is 16.3. The van der Waals surface area contributed by atoms with Gasteiger partial charge in [-0.3, -0.25) is 14.8 Å². The Balaban J connectivity index is 2.37. The molecule has 1 N–H and O–H groups in total. The maximum absolute atomic E-state index is 11.8. The molecule has 0 amide bonds. The molecule has 1 unspecified atom stereocenters. The number of hydrogen-bond donors (Lipinski definition) is 1. The van der Waals surface area contributed by atoms with Crippen molar-refractivity contribution in [2.75, 3.05) is 0 Å². The molecule has 2 heterocycles. The van der Waals surface area contributed by atoms with Crippen molar-refractivity contribution in [2.24, 2.45) is 0 Å². The van der Waals surface area contributed by atoms with Crippen LogP contribution in [0.4, 0.5) is 0 Å². The van der Waals surface area contributed by atoms with Gasteiger partial charge in [-0.25, -0.2) is 0 Å². The molecule has 2 aromatic rings. The number of aliphatic hydroxyl groups is 1. The second-order valence-electron chi connectivity index (χ2n) is 3.60. The van der Waals surface area contributed by atoms with E-state index in [2.05, 4.69) is 9.97 Å². The molecule has 1 atom stereocenters. The average molecular weight is 212 g/mol. The minimum Gasteiger partial charge on any atom is -0.378 e. The first kappa shape index (κ1) is 9.18. The van der Waals surface area contributed by atoms with Gasteiger partial charge in [-0.1, -0.05) is 12.1 Å². The summed E-state index contributed by atoms with van der Waals surface area (Å²) in [5, 5.41) is 9.82. The molecule has 0 radical (unpaired) electrons. The first-order valence-electron chi connectivity index (χ1n) is 4.91. The van der Waals surface area contributed by atoms with Gasteiger partial charge in [0.15, 0.2) is 6.10 Å². The van der Waals surface area contributed by atoms with Crippen molar-refractivity contribution in [3.05, 3.63) is 48.0 Å². The molecule has 4 nitrogen and oxygen atoms in total. The lowest BCUT2D eigenvalue weighted by atomic mass is 9.89. The lowest BCUT2D eigenvalue weighted by Crippen LogP contribution is -2.21. The van der Waals surface area contributed by atoms with E-state index < -0.39 is 6.10 Å². The summed E-state index contributed by atoms with van der Waals surface area (Å²) in [6.45, 7) is 0. The van der Waals surface area contributed by atoms with Crippen LogP contribution < -0.4 is 0 Å². The summed E-state index contributed by atoms with van der Waals surface area (Å²) >= 11 is 0. The van der Waals surface area contributed by atoms with Gasteiger partial charge in [0, 0.05) is 23.5 Å². The fourth-order valence-corrected chi connectivity index (χ4v) is 1.94. The van der Waals surface area contributed by atoms with Crippen LogP contribution >= 0.6 is 0 Å². The van der Waals surface area contributed by atoms with Crippen LogP contribution in [0.15, 0.2) is 36.7 Å². The molecule has 0 aliphatic heterocycles. The molecule has 0 bridgehead atoms. The van der Waals surface area contributed by atoms with Crippen LogP contribution in [-0.2, 0) is 0 Å². The molecule has 0 fully saturated rings. The second-order valence-corrected chi connectivity index (χ2v) is 3.60. The van der Waals surface area contributed by atoms with E-state index in [0.29, 0.717) is 11.4 Å². The summed E-state index contributed by atoms with van der Waals surface area (Å²) in [7, 11) is 0. The molecule has 0 spiro atoms. The molecule has 1 aliphatic carbocycles. The van der Waals surface area contributed by atoms with Gasteiger partial charge in [0.25, 0.3) is 0 Å². The Morgan fingerprint density at radius 1 is 1.06 bits per heavy atom. The van der Waals surface area contributed by atoms with Crippen LogP contribution in [0.5, 0.6) is 0 Å². The Bertz CT molecular complexity index is 581. The lowest BCUT2D eigenvalue weighted by Gasteiger charge is -2.20. The number of carbonyl (C=O) groups is 1. The standard InChI is InChI=1S/C12H8N2O2/c15-11-9-7(3-1-5-13-9)8-4-2-6-14-10(8)12(11)16/h1-6,11,15H. The van der Waals surface area contributed by atoms with Crippen molar-refractivity contribution in [2.45, 2.75) is 6.10 Å². The summed E-state index contributed by atoms with van der Waals surface area (Å²) in [5.41, 5.74) is 2.24. The predicted molar refractivity (Wildman–Crippen MR) is 56.8 cm³/mol. The number of fused-ring (bicyclic) bond motifs is 3. The zero-order chi connectivity index (χ0) is 11.1. The van der Waals surface area contributed by atoms with Crippen molar-refractivity contribution in [3.8, 4) is 11.1 Å². The summed E-state index contributed by atoms with van der Waals surface area (Å²) in [4.78, 5) is 19.9. The lowest BCUT2D eigenvalue weighted by molar-refractivity contribution is 0.0730. The van der Waals surface area contributed by atoms with E-state index in [0.717, 1.165) is 11.1 Å². The quantitative estimate of drug-likeness (QED) is 0.716. The molecular formula is C12H8N2O2. The Labute approximate surface area is 91.6 Å². The predicted octanol–water partition coefficient (Wildman–Crippen LogP) is 1.37. The molecule has 0 aromatic carbocycles. The van der Waals surface area contributed by atoms with Crippen LogP contribution in [0.1, 0.15) is 22.3 Å². The minimum atomic E-state index is -1.20. The van der Waals surface area contributed by atoms with Gasteiger partial charge >= 0.3 is 0 Å². The number of aromatic nitrogens is 2. The van der Waals surface area contributed by atoms with E-state index in [1.165, 1.54) is 0 Å². The third-order valence-corrected chi connectivity index (χ3v) is 2.68. The molecule has 78 valence electrons. The van der Waals surface area contributed by atoms with Crippen molar-refractivity contribution >= 4 is 5.78 Å². The molecule has 1 aliphatic rings. The summed E-state index contributed by atoms with van der Waals surface area (Å²) in [6, 6.07) is 7.18. The largest absolute Gasteiger partial charge is 0.378 e. The van der Waals surface area contributed by atoms with Gasteiger partial charge in [-0.15, -0.1) is 0 Å². The smallest absolute Gasteiger partial charge is 0.216 e. The Hall–Kier alpha value is -2.07. The Kier molecular flexibility index (Phi) is 1.84. The summed E-state index contributed by atoms with van der Waals surface area (Å²) in [5.74, 6) is -0.387. The first-order valence-corrected chi connectivity index (χ1v) is 4.91. The number of ketones is 1. The van der Waals surface area contributed by atoms with Crippen LogP contribution in [0.2, 0.25) is 0 Å². The number of aliphatic hydroxyl groups excluding tert-OH is 1. The number of carbonyl (C=O) groups excluding carboxylic acids is 1. The number of rotatable bonds is 0. The molecule has 16 heavy (non-hydrogen) atoms. The van der Waals surface area contributed by atoms with Gasteiger partial charge in [0.1, 0.15) is 5.69 Å². The van der Waals surface area contributed by atoms with Gasteiger partial charge in [-0.2, -0.15) is 0 Å². The highest BCUT2D eigenvalue weighted by Gasteiger charge is 2.32. The molecule has 0 saturated heterocycles. The molecular weight excluding hydrogens is 204 g/mol. The maximum Gasteiger partial charge on any atom is 0.216 e. The van der Waals surface area contributed by atoms with E-state index in [4.69, 9.17) is 0 Å². The van der Waals surface area contributed by atoms with Gasteiger partial charge in [0.05, 0.1) is 5.69 Å². The van der Waals surface area contributed by atoms with Crippen molar-refractivity contribution in [3.63, 3.8) is 0 Å². The molecule has 3 rings (SSSR count). The number of hydrogen-bond acceptors (Lipinski definition) is 4. The van der Waals surface area contributed by atoms with E-state index in [9.17, 15) is 9.90 Å². The third kappa shape index (κ3) is 1.10. The van der Waals surface area contributed by atoms with E-state index in [1.807, 2.05) is 12.1 Å². The summed E-state index contributed by atoms with van der Waals surface area (Å²) in [6.07, 6.45) is 1.92. The molecule has 0 saturated carbocycles. The zero-order valence-corrected chi connectivity index (χ0v) is 8.29. The number of pyridine rings is 2. The zero-order valence-electron chi connectivity index (χ0n) is 8.29. The van der Waals surface area contributed by atoms with Crippen LogP contribution in [0, 0.1) is 0 Å². The second kappa shape index (κ2) is 3.21. The SMILES string of the molecule is O=C1c2ncccc2-c2cccnc2C1O. The van der Waals surface area contributed by atoms with E-state index in [1.54, 1.807) is 24.5 Å². The van der Waals surface area contributed by atoms with E-state index in [-0.39, 0.29) is 5.78 Å². The van der Waals surface area contributed by atoms with Gasteiger partial charge < -0.3 is 5.11 Å². The van der Waals surface area contributed by atoms with Crippen LogP contribution in [0.3, 0.4) is 0 Å². The van der Waals surface area contributed by atoms with Crippen molar-refractivity contribution in [1.29, 1.82) is 0 Å². The Morgan fingerprint density at radius 3 is 2.56 bits per heavy atom. The van der Waals surface area contributed by atoms with E-state index >= 15 is 0 Å². The monoisotopic (exact) mass is 212 g/mol. The Morgan fingerprint density at radius 2 is 1.75 bits per heavy atom. The molecule has 2 aromatic heterocycles. The van der Waals surface area contributed by atoms with Gasteiger partial charge in [0.2, 0.25) is 5.78 Å². The fraction of sp³-hybridized carbons (Fsp3) is 0.0833. The third-order valence-electron chi connectivity index (χ3n) is 2.68. The normalized spacial score (nSPS) is 17.8. The van der Waals surface area contributed by atoms with Crippen LogP contribution in [-0.4, -0.2) is 20.9 Å². The fourth-order valence-electron chi connectivity index (χ4n) is 1.94. The number of nitrogens with zero attached hydrogens (tertiary/aromatic N) is 2. The highest BCUT2D eigenvalue weighted by Crippen LogP contribution is 2.35. The first-order chi connectivity index (χ1) is 7.79. The van der Waals surface area contributed by atoms with Gasteiger partial charge in [-0.05, 0) is 12.1 Å². The topological polar surface area (TPSA) is 63.1 Å². The minimum absolute atomic E-state index is 0.315. The summed E-state index contributed by atoms with van der Waals surface area (Å²) < 4.78 is 0. The van der Waals surface area contributed by atoms with Crippen molar-refractivity contribution < 1.29 is 9.90 Å². The van der Waals surface area contributed by atoms with Crippen LogP contribution in [0.25, 0.3) is 11.1 Å².